The maximum absolute atomic E-state index is 11.2. The number of aliphatic hydroxyl groups excluding tert-OH is 1. The summed E-state index contributed by atoms with van der Waals surface area (Å²) in [6.45, 7) is 1.73. The van der Waals surface area contributed by atoms with Crippen molar-refractivity contribution in [2.24, 2.45) is 0 Å². The molecule has 0 unspecified atom stereocenters. The monoisotopic (exact) mass is 228 g/mol. The van der Waals surface area contributed by atoms with Crippen LogP contribution in [0.4, 0.5) is 0 Å². The molecule has 0 spiro atoms. The predicted octanol–water partition coefficient (Wildman–Crippen LogP) is 2.13. The van der Waals surface area contributed by atoms with Crippen LogP contribution in [0.15, 0.2) is 41.2 Å². The molecular formula is C13H12N2O2. The zero-order chi connectivity index (χ0) is 12.3. The van der Waals surface area contributed by atoms with E-state index in [1.165, 1.54) is 12.1 Å². The van der Waals surface area contributed by atoms with E-state index >= 15 is 0 Å². The summed E-state index contributed by atoms with van der Waals surface area (Å²) < 4.78 is 0. The Bertz CT molecular complexity index is 600. The molecule has 0 bridgehead atoms. The van der Waals surface area contributed by atoms with Crippen LogP contribution in [0.3, 0.4) is 0 Å². The first-order valence-electron chi connectivity index (χ1n) is 5.19. The average molecular weight is 228 g/mol. The first-order chi connectivity index (χ1) is 8.15. The number of aromatic amines is 1. The van der Waals surface area contributed by atoms with E-state index in [-0.39, 0.29) is 11.3 Å². The lowest BCUT2D eigenvalue weighted by atomic mass is 10.2. The SMILES string of the molecule is Cc1cc(=O)[nH]c(/C=C(\O)c2ccccc2)n1. The highest BCUT2D eigenvalue weighted by Gasteiger charge is 2.00. The summed E-state index contributed by atoms with van der Waals surface area (Å²) in [5, 5.41) is 9.85. The Morgan fingerprint density at radius 1 is 1.35 bits per heavy atom. The van der Waals surface area contributed by atoms with Crippen LogP contribution in [0.25, 0.3) is 11.8 Å². The van der Waals surface area contributed by atoms with Crippen molar-refractivity contribution in [1.29, 1.82) is 0 Å². The molecule has 0 fully saturated rings. The van der Waals surface area contributed by atoms with Crippen LogP contribution in [0.1, 0.15) is 17.1 Å². The number of aliphatic hydroxyl groups is 1. The number of nitrogens with one attached hydrogen (secondary N) is 1. The van der Waals surface area contributed by atoms with Crippen LogP contribution >= 0.6 is 0 Å². The van der Waals surface area contributed by atoms with E-state index in [0.717, 1.165) is 0 Å². The van der Waals surface area contributed by atoms with Crippen LogP contribution in [0, 0.1) is 6.92 Å². The molecular weight excluding hydrogens is 216 g/mol. The minimum Gasteiger partial charge on any atom is -0.507 e. The third-order valence-corrected chi connectivity index (χ3v) is 2.23. The van der Waals surface area contributed by atoms with Gasteiger partial charge in [0.15, 0.2) is 0 Å². The predicted molar refractivity (Wildman–Crippen MR) is 66.5 cm³/mol. The van der Waals surface area contributed by atoms with E-state index in [2.05, 4.69) is 9.97 Å². The van der Waals surface area contributed by atoms with Crippen LogP contribution in [0.2, 0.25) is 0 Å². The first kappa shape index (κ1) is 11.1. The summed E-state index contributed by atoms with van der Waals surface area (Å²) in [4.78, 5) is 17.9. The number of rotatable bonds is 2. The van der Waals surface area contributed by atoms with Gasteiger partial charge in [-0.3, -0.25) is 4.79 Å². The number of hydrogen-bond donors (Lipinski definition) is 2. The number of H-pyrrole nitrogens is 1. The molecule has 2 rings (SSSR count). The van der Waals surface area contributed by atoms with Crippen LogP contribution in [-0.4, -0.2) is 15.1 Å². The van der Waals surface area contributed by atoms with Gasteiger partial charge in [0.25, 0.3) is 5.56 Å². The summed E-state index contributed by atoms with van der Waals surface area (Å²) in [6.07, 6.45) is 1.43. The van der Waals surface area contributed by atoms with Crippen LogP contribution < -0.4 is 5.56 Å². The van der Waals surface area contributed by atoms with Gasteiger partial charge in [-0.1, -0.05) is 30.3 Å². The van der Waals surface area contributed by atoms with Crippen molar-refractivity contribution in [1.82, 2.24) is 9.97 Å². The van der Waals surface area contributed by atoms with Gasteiger partial charge in [0, 0.05) is 23.4 Å². The summed E-state index contributed by atoms with van der Waals surface area (Å²) in [5.41, 5.74) is 1.06. The van der Waals surface area contributed by atoms with Crippen molar-refractivity contribution in [3.05, 3.63) is 63.8 Å². The van der Waals surface area contributed by atoms with Gasteiger partial charge < -0.3 is 10.1 Å². The summed E-state index contributed by atoms with van der Waals surface area (Å²) in [6, 6.07) is 10.5. The maximum Gasteiger partial charge on any atom is 0.251 e. The van der Waals surface area contributed by atoms with Gasteiger partial charge in [0.1, 0.15) is 11.6 Å². The van der Waals surface area contributed by atoms with Gasteiger partial charge in [0.2, 0.25) is 0 Å². The van der Waals surface area contributed by atoms with Gasteiger partial charge in [-0.25, -0.2) is 4.98 Å². The molecule has 0 aliphatic carbocycles. The highest BCUT2D eigenvalue weighted by molar-refractivity contribution is 5.73. The van der Waals surface area contributed by atoms with E-state index in [1.807, 2.05) is 18.2 Å². The first-order valence-corrected chi connectivity index (χ1v) is 5.19. The largest absolute Gasteiger partial charge is 0.507 e. The highest BCUT2D eigenvalue weighted by atomic mass is 16.3. The van der Waals surface area contributed by atoms with Gasteiger partial charge in [-0.05, 0) is 6.92 Å². The molecule has 2 N–H and O–H groups in total. The molecule has 1 heterocycles. The number of benzene rings is 1. The zero-order valence-corrected chi connectivity index (χ0v) is 9.34. The van der Waals surface area contributed by atoms with E-state index < -0.39 is 0 Å². The molecule has 0 aliphatic rings. The van der Waals surface area contributed by atoms with Gasteiger partial charge in [-0.15, -0.1) is 0 Å². The van der Waals surface area contributed by atoms with E-state index in [4.69, 9.17) is 0 Å². The van der Waals surface area contributed by atoms with Crippen molar-refractivity contribution in [3.8, 4) is 0 Å². The third kappa shape index (κ3) is 2.81. The Morgan fingerprint density at radius 3 is 2.71 bits per heavy atom. The average Bonchev–Trinajstić information content (AvgIpc) is 2.28. The number of aromatic nitrogens is 2. The molecule has 0 saturated carbocycles. The van der Waals surface area contributed by atoms with Crippen molar-refractivity contribution in [3.63, 3.8) is 0 Å². The Morgan fingerprint density at radius 2 is 2.06 bits per heavy atom. The molecule has 0 saturated heterocycles. The van der Waals surface area contributed by atoms with Crippen molar-refractivity contribution in [2.75, 3.05) is 0 Å². The lowest BCUT2D eigenvalue weighted by Crippen LogP contribution is -2.08. The Hall–Kier alpha value is -2.36. The fourth-order valence-corrected chi connectivity index (χ4v) is 1.49. The second-order valence-corrected chi connectivity index (χ2v) is 3.67. The third-order valence-electron chi connectivity index (χ3n) is 2.23. The smallest absolute Gasteiger partial charge is 0.251 e. The summed E-state index contributed by atoms with van der Waals surface area (Å²) in [5.74, 6) is 0.413. The molecule has 1 aromatic carbocycles. The van der Waals surface area contributed by atoms with E-state index in [1.54, 1.807) is 19.1 Å². The van der Waals surface area contributed by atoms with E-state index in [9.17, 15) is 9.90 Å². The maximum atomic E-state index is 11.2. The topological polar surface area (TPSA) is 66.0 Å². The number of hydrogen-bond acceptors (Lipinski definition) is 3. The molecule has 4 heteroatoms. The zero-order valence-electron chi connectivity index (χ0n) is 9.34. The molecule has 0 amide bonds. The second-order valence-electron chi connectivity index (χ2n) is 3.67. The molecule has 0 atom stereocenters. The molecule has 86 valence electrons. The minimum atomic E-state index is -0.232. The Balaban J connectivity index is 2.39. The van der Waals surface area contributed by atoms with Crippen molar-refractivity contribution < 1.29 is 5.11 Å². The number of nitrogens with zero attached hydrogens (tertiary/aromatic N) is 1. The fraction of sp³-hybridized carbons (Fsp3) is 0.0769. The normalized spacial score (nSPS) is 11.5. The lowest BCUT2D eigenvalue weighted by Gasteiger charge is -2.00. The Labute approximate surface area is 98.3 Å². The highest BCUT2D eigenvalue weighted by Crippen LogP contribution is 2.12. The number of aryl methyl sites for hydroxylation is 1. The van der Waals surface area contributed by atoms with Gasteiger partial charge in [0.05, 0.1) is 0 Å². The summed E-state index contributed by atoms with van der Waals surface area (Å²) in [7, 11) is 0. The molecule has 17 heavy (non-hydrogen) atoms. The van der Waals surface area contributed by atoms with Crippen LogP contribution in [0.5, 0.6) is 0 Å². The standard InChI is InChI=1S/C13H12N2O2/c1-9-7-13(17)15-12(14-9)8-11(16)10-5-3-2-4-6-10/h2-8,16H,1H3,(H,14,15,17)/b11-8-. The van der Waals surface area contributed by atoms with E-state index in [0.29, 0.717) is 17.1 Å². The summed E-state index contributed by atoms with van der Waals surface area (Å²) >= 11 is 0. The van der Waals surface area contributed by atoms with Gasteiger partial charge in [-0.2, -0.15) is 0 Å². The molecule has 0 radical (unpaired) electrons. The second kappa shape index (κ2) is 4.65. The molecule has 1 aromatic heterocycles. The minimum absolute atomic E-state index is 0.0688. The fourth-order valence-electron chi connectivity index (χ4n) is 1.49. The van der Waals surface area contributed by atoms with Crippen molar-refractivity contribution in [2.45, 2.75) is 6.92 Å². The Kier molecular flexibility index (Phi) is 3.05. The molecule has 4 nitrogen and oxygen atoms in total. The molecule has 2 aromatic rings. The lowest BCUT2D eigenvalue weighted by molar-refractivity contribution is 0.515. The molecule has 0 aliphatic heterocycles. The van der Waals surface area contributed by atoms with Crippen molar-refractivity contribution >= 4 is 11.8 Å². The quantitative estimate of drug-likeness (QED) is 0.774. The van der Waals surface area contributed by atoms with Crippen LogP contribution in [-0.2, 0) is 0 Å². The van der Waals surface area contributed by atoms with Gasteiger partial charge >= 0.3 is 0 Å².